The molecule has 4 aliphatic carbocycles. The molecule has 0 amide bonds. The molecule has 0 spiro atoms. The summed E-state index contributed by atoms with van der Waals surface area (Å²) in [6.07, 6.45) is 13.8. The largest absolute Gasteiger partial charge is 0.397 e. The number of aliphatic hydroxyl groups excluding tert-OH is 1. The zero-order chi connectivity index (χ0) is 31.4. The van der Waals surface area contributed by atoms with Crippen LogP contribution in [0.5, 0.6) is 0 Å². The summed E-state index contributed by atoms with van der Waals surface area (Å²) in [5.41, 5.74) is 6.12. The molecule has 8 nitrogen and oxygen atoms in total. The lowest BCUT2D eigenvalue weighted by Gasteiger charge is -2.62. The van der Waals surface area contributed by atoms with Crippen LogP contribution in [0.3, 0.4) is 0 Å². The lowest BCUT2D eigenvalue weighted by Crippen LogP contribution is -2.59. The molecule has 0 aliphatic heterocycles. The third-order valence-electron chi connectivity index (χ3n) is 13.1. The third kappa shape index (κ3) is 8.36. The Morgan fingerprint density at radius 3 is 2.28 bits per heavy atom. The Morgan fingerprint density at radius 1 is 0.907 bits per heavy atom. The van der Waals surface area contributed by atoms with E-state index in [2.05, 4.69) is 31.4 Å². The lowest BCUT2D eigenvalue weighted by atomic mass is 9.43. The topological polar surface area (TPSA) is 134 Å². The number of nitrogens with one attached hydrogen (secondary N) is 2. The molecule has 4 aliphatic rings. The first-order valence-corrected chi connectivity index (χ1v) is 19.1. The first-order chi connectivity index (χ1) is 20.3. The molecule has 0 saturated heterocycles. The monoisotopic (exact) mass is 627 g/mol. The lowest BCUT2D eigenvalue weighted by molar-refractivity contribution is -0.167. The van der Waals surface area contributed by atoms with Crippen LogP contribution in [0.1, 0.15) is 118 Å². The molecule has 0 aromatic rings. The molecule has 4 rings (SSSR count). The normalized spacial score (nSPS) is 39.2. The molecule has 6 N–H and O–H groups in total. The van der Waals surface area contributed by atoms with Crippen LogP contribution >= 0.6 is 0 Å². The fraction of sp³-hybridized carbons (Fsp3) is 1.00. The summed E-state index contributed by atoms with van der Waals surface area (Å²) in [4.78, 5) is 0. The van der Waals surface area contributed by atoms with Gasteiger partial charge in [-0.25, -0.2) is 4.18 Å². The van der Waals surface area contributed by atoms with E-state index in [1.807, 2.05) is 13.8 Å². The van der Waals surface area contributed by atoms with Gasteiger partial charge in [0, 0.05) is 6.04 Å². The highest BCUT2D eigenvalue weighted by Gasteiger charge is 2.62. The Morgan fingerprint density at radius 2 is 1.58 bits per heavy atom. The standard InChI is InChI=1S/C34H65N3O5S/c1-23(2)31(42-43(39,40)41)12-9-24(3)27-10-11-28-32-29(14-16-34(27,28)5)33(4)15-13-26(21-25(33)22-30(32)38)37-20-7-6-18-36-19-8-17-35/h23-32,36-38H,6-22,35H2,1-5H3,(H,39,40,41)/t24?,25-,26+,27?,28+,29?,30?,31?,32?,33+,34-/m1/s1. The Bertz CT molecular complexity index is 981. The van der Waals surface area contributed by atoms with Crippen LogP contribution in [-0.4, -0.2) is 62.5 Å². The van der Waals surface area contributed by atoms with E-state index in [0.29, 0.717) is 53.4 Å². The molecular formula is C34H65N3O5S. The molecule has 6 unspecified atom stereocenters. The number of aliphatic hydroxyl groups is 1. The third-order valence-corrected chi connectivity index (χ3v) is 13.6. The molecule has 11 atom stereocenters. The van der Waals surface area contributed by atoms with Crippen LogP contribution in [0.2, 0.25) is 0 Å². The molecular weight excluding hydrogens is 562 g/mol. The van der Waals surface area contributed by atoms with Crippen LogP contribution in [0.15, 0.2) is 0 Å². The second kappa shape index (κ2) is 15.1. The molecule has 0 heterocycles. The van der Waals surface area contributed by atoms with E-state index in [4.69, 9.17) is 9.92 Å². The summed E-state index contributed by atoms with van der Waals surface area (Å²) in [6.45, 7) is 15.2. The maximum atomic E-state index is 11.8. The Hall–Kier alpha value is -0.290. The van der Waals surface area contributed by atoms with Crippen LogP contribution in [0, 0.1) is 52.3 Å². The van der Waals surface area contributed by atoms with E-state index >= 15 is 0 Å². The van der Waals surface area contributed by atoms with Crippen LogP contribution in [0.25, 0.3) is 0 Å². The summed E-state index contributed by atoms with van der Waals surface area (Å²) in [7, 11) is -4.45. The SMILES string of the molecule is CC(C)C(CCC(C)C1CC[C@H]2C3C(O)C[C@H]4C[C@@H](NCCCCNCCCN)CC[C@]4(C)C3CC[C@]12C)OS(=O)(=O)O. The van der Waals surface area contributed by atoms with Crippen molar-refractivity contribution in [1.29, 1.82) is 0 Å². The molecule has 4 saturated carbocycles. The average molecular weight is 628 g/mol. The first kappa shape index (κ1) is 35.6. The van der Waals surface area contributed by atoms with Gasteiger partial charge < -0.3 is 21.5 Å². The van der Waals surface area contributed by atoms with Gasteiger partial charge in [0.1, 0.15) is 0 Å². The van der Waals surface area contributed by atoms with Gasteiger partial charge in [0.05, 0.1) is 12.2 Å². The number of hydrogen-bond acceptors (Lipinski definition) is 7. The van der Waals surface area contributed by atoms with Crippen molar-refractivity contribution in [3.63, 3.8) is 0 Å². The van der Waals surface area contributed by atoms with Gasteiger partial charge in [-0.3, -0.25) is 4.55 Å². The number of fused-ring (bicyclic) bond motifs is 5. The van der Waals surface area contributed by atoms with Crippen molar-refractivity contribution in [1.82, 2.24) is 10.6 Å². The van der Waals surface area contributed by atoms with Crippen molar-refractivity contribution in [3.8, 4) is 0 Å². The van der Waals surface area contributed by atoms with Gasteiger partial charge in [0.2, 0.25) is 0 Å². The Labute approximate surface area is 263 Å². The smallest absolute Gasteiger partial charge is 0.393 e. The first-order valence-electron chi connectivity index (χ1n) is 17.8. The van der Waals surface area contributed by atoms with Crippen molar-refractivity contribution < 1.29 is 22.3 Å². The second-order valence-corrected chi connectivity index (χ2v) is 17.0. The molecule has 0 radical (unpaired) electrons. The highest BCUT2D eigenvalue weighted by molar-refractivity contribution is 7.80. The van der Waals surface area contributed by atoms with Crippen LogP contribution in [-0.2, 0) is 14.6 Å². The predicted octanol–water partition coefficient (Wildman–Crippen LogP) is 5.55. The van der Waals surface area contributed by atoms with Crippen molar-refractivity contribution in [2.24, 2.45) is 58.0 Å². The maximum Gasteiger partial charge on any atom is 0.397 e. The van der Waals surface area contributed by atoms with Gasteiger partial charge in [-0.2, -0.15) is 8.42 Å². The molecule has 252 valence electrons. The maximum absolute atomic E-state index is 11.8. The van der Waals surface area contributed by atoms with Crippen molar-refractivity contribution in [3.05, 3.63) is 0 Å². The highest BCUT2D eigenvalue weighted by Crippen LogP contribution is 2.68. The van der Waals surface area contributed by atoms with E-state index in [1.165, 1.54) is 57.8 Å². The van der Waals surface area contributed by atoms with Gasteiger partial charge in [0.15, 0.2) is 0 Å². The van der Waals surface area contributed by atoms with E-state index in [9.17, 15) is 18.1 Å². The average Bonchev–Trinajstić information content (AvgIpc) is 3.29. The summed E-state index contributed by atoms with van der Waals surface area (Å²) in [5.74, 6) is 3.22. The number of hydrogen-bond donors (Lipinski definition) is 5. The van der Waals surface area contributed by atoms with Gasteiger partial charge in [-0.15, -0.1) is 0 Å². The number of unbranched alkanes of at least 4 members (excludes halogenated alkanes) is 1. The van der Waals surface area contributed by atoms with Crippen molar-refractivity contribution in [2.75, 3.05) is 26.2 Å². The number of rotatable bonds is 16. The Balaban J connectivity index is 1.32. The van der Waals surface area contributed by atoms with Crippen LogP contribution in [0.4, 0.5) is 0 Å². The van der Waals surface area contributed by atoms with Crippen molar-refractivity contribution >= 4 is 10.4 Å². The fourth-order valence-electron chi connectivity index (χ4n) is 10.7. The summed E-state index contributed by atoms with van der Waals surface area (Å²) in [6, 6.07) is 0.581. The zero-order valence-electron chi connectivity index (χ0n) is 27.9. The molecule has 4 fully saturated rings. The van der Waals surface area contributed by atoms with E-state index in [-0.39, 0.29) is 17.4 Å². The summed E-state index contributed by atoms with van der Waals surface area (Å²) < 4.78 is 37.1. The molecule has 9 heteroatoms. The van der Waals surface area contributed by atoms with Gasteiger partial charge in [0.25, 0.3) is 0 Å². The predicted molar refractivity (Wildman–Crippen MR) is 174 cm³/mol. The van der Waals surface area contributed by atoms with Gasteiger partial charge in [-0.1, -0.05) is 34.6 Å². The summed E-state index contributed by atoms with van der Waals surface area (Å²) in [5, 5.41) is 19.1. The van der Waals surface area contributed by atoms with E-state index in [0.717, 1.165) is 45.4 Å². The minimum Gasteiger partial charge on any atom is -0.393 e. The van der Waals surface area contributed by atoms with Gasteiger partial charge in [-0.05, 0) is 162 Å². The highest BCUT2D eigenvalue weighted by atomic mass is 32.3. The number of nitrogens with two attached hydrogens (primary N) is 1. The molecule has 0 bridgehead atoms. The Kier molecular flexibility index (Phi) is 12.5. The quantitative estimate of drug-likeness (QED) is 0.111. The fourth-order valence-corrected chi connectivity index (χ4v) is 11.3. The van der Waals surface area contributed by atoms with Crippen LogP contribution < -0.4 is 16.4 Å². The second-order valence-electron chi connectivity index (χ2n) is 15.9. The molecule has 0 aromatic carbocycles. The minimum atomic E-state index is -4.45. The van der Waals surface area contributed by atoms with Gasteiger partial charge >= 0.3 is 10.4 Å². The zero-order valence-corrected chi connectivity index (χ0v) is 28.7. The minimum absolute atomic E-state index is 0.0155. The molecule has 43 heavy (non-hydrogen) atoms. The van der Waals surface area contributed by atoms with Crippen molar-refractivity contribution in [2.45, 2.75) is 136 Å². The molecule has 0 aromatic heterocycles. The van der Waals surface area contributed by atoms with E-state index < -0.39 is 16.5 Å². The van der Waals surface area contributed by atoms with E-state index in [1.54, 1.807) is 0 Å². The summed E-state index contributed by atoms with van der Waals surface area (Å²) >= 11 is 0.